The van der Waals surface area contributed by atoms with Gasteiger partial charge in [0.1, 0.15) is 13.5 Å². The van der Waals surface area contributed by atoms with Gasteiger partial charge in [-0.25, -0.2) is 4.79 Å². The van der Waals surface area contributed by atoms with E-state index in [1.54, 1.807) is 13.8 Å². The highest BCUT2D eigenvalue weighted by atomic mass is 16.5. The first-order valence-electron chi connectivity index (χ1n) is 5.22. The summed E-state index contributed by atoms with van der Waals surface area (Å²) < 4.78 is 10.1. The third-order valence-corrected chi connectivity index (χ3v) is 2.27. The largest absolute Gasteiger partial charge is 0.369 e. The van der Waals surface area contributed by atoms with Crippen molar-refractivity contribution in [3.05, 3.63) is 0 Å². The normalized spacial score (nSPS) is 25.6. The van der Waals surface area contributed by atoms with E-state index >= 15 is 0 Å². The Kier molecular flexibility index (Phi) is 4.94. The minimum atomic E-state index is -1.28. The molecule has 0 aromatic carbocycles. The second kappa shape index (κ2) is 6.00. The quantitative estimate of drug-likeness (QED) is 0.638. The number of aliphatic hydroxyl groups excluding tert-OH is 2. The number of urea groups is 1. The molecule has 1 heterocycles. The molecular formula is C9H18N2O5. The van der Waals surface area contributed by atoms with Gasteiger partial charge < -0.3 is 19.7 Å². The highest BCUT2D eigenvalue weighted by molar-refractivity contribution is 5.77. The number of nitrogens with zero attached hydrogens (tertiary/aromatic N) is 2. The van der Waals surface area contributed by atoms with E-state index in [0.717, 1.165) is 9.80 Å². The van der Waals surface area contributed by atoms with Crippen molar-refractivity contribution in [2.45, 2.75) is 26.3 Å². The van der Waals surface area contributed by atoms with Crippen LogP contribution < -0.4 is 0 Å². The van der Waals surface area contributed by atoms with Crippen molar-refractivity contribution < 1.29 is 24.5 Å². The molecule has 1 saturated heterocycles. The Hall–Kier alpha value is -0.890. The number of carbonyl (C=O) groups is 1. The van der Waals surface area contributed by atoms with E-state index in [1.165, 1.54) is 0 Å². The SMILES string of the molecule is CCOCN1C(=O)N(COCC)C(O)C1O. The van der Waals surface area contributed by atoms with Gasteiger partial charge in [-0.3, -0.25) is 9.80 Å². The molecule has 7 nitrogen and oxygen atoms in total. The van der Waals surface area contributed by atoms with Gasteiger partial charge >= 0.3 is 6.03 Å². The Balaban J connectivity index is 2.58. The molecule has 0 aromatic rings. The number of aliphatic hydroxyl groups is 2. The van der Waals surface area contributed by atoms with Crippen LogP contribution in [0.1, 0.15) is 13.8 Å². The molecule has 0 radical (unpaired) electrons. The maximum Gasteiger partial charge on any atom is 0.328 e. The second-order valence-corrected chi connectivity index (χ2v) is 3.29. The van der Waals surface area contributed by atoms with Gasteiger partial charge in [0.2, 0.25) is 0 Å². The Morgan fingerprint density at radius 2 is 1.44 bits per heavy atom. The minimum absolute atomic E-state index is 0.0455. The molecule has 1 aliphatic heterocycles. The van der Waals surface area contributed by atoms with Gasteiger partial charge in [-0.15, -0.1) is 0 Å². The van der Waals surface area contributed by atoms with Crippen LogP contribution in [0.15, 0.2) is 0 Å². The van der Waals surface area contributed by atoms with Gasteiger partial charge in [0.25, 0.3) is 0 Å². The first-order valence-corrected chi connectivity index (χ1v) is 5.22. The highest BCUT2D eigenvalue weighted by Crippen LogP contribution is 2.19. The van der Waals surface area contributed by atoms with Crippen LogP contribution in [-0.2, 0) is 9.47 Å². The second-order valence-electron chi connectivity index (χ2n) is 3.29. The van der Waals surface area contributed by atoms with Gasteiger partial charge in [-0.2, -0.15) is 0 Å². The zero-order chi connectivity index (χ0) is 12.1. The summed E-state index contributed by atoms with van der Waals surface area (Å²) in [6.45, 7) is 4.32. The molecule has 7 heteroatoms. The van der Waals surface area contributed by atoms with E-state index in [9.17, 15) is 15.0 Å². The summed E-state index contributed by atoms with van der Waals surface area (Å²) in [6.07, 6.45) is -2.56. The zero-order valence-electron chi connectivity index (χ0n) is 9.50. The van der Waals surface area contributed by atoms with Crippen LogP contribution in [0.5, 0.6) is 0 Å². The average Bonchev–Trinajstić information content (AvgIpc) is 2.47. The summed E-state index contributed by atoms with van der Waals surface area (Å²) in [5, 5.41) is 19.2. The van der Waals surface area contributed by atoms with E-state index in [2.05, 4.69) is 0 Å². The molecule has 0 aliphatic carbocycles. The van der Waals surface area contributed by atoms with Crippen molar-refractivity contribution in [2.75, 3.05) is 26.7 Å². The summed E-state index contributed by atoms with van der Waals surface area (Å²) in [6, 6.07) is -0.498. The van der Waals surface area contributed by atoms with Crippen LogP contribution in [-0.4, -0.2) is 65.2 Å². The Labute approximate surface area is 94.1 Å². The van der Waals surface area contributed by atoms with Crippen molar-refractivity contribution >= 4 is 6.03 Å². The predicted octanol–water partition coefficient (Wildman–Crippen LogP) is -0.651. The van der Waals surface area contributed by atoms with Crippen molar-refractivity contribution in [2.24, 2.45) is 0 Å². The van der Waals surface area contributed by atoms with Gasteiger partial charge in [0.15, 0.2) is 12.5 Å². The fourth-order valence-electron chi connectivity index (χ4n) is 1.36. The molecule has 94 valence electrons. The monoisotopic (exact) mass is 234 g/mol. The number of carbonyl (C=O) groups excluding carboxylic acids is 1. The molecule has 0 bridgehead atoms. The van der Waals surface area contributed by atoms with Gasteiger partial charge in [-0.1, -0.05) is 0 Å². The Morgan fingerprint density at radius 1 is 1.06 bits per heavy atom. The smallest absolute Gasteiger partial charge is 0.328 e. The molecule has 1 aliphatic rings. The molecule has 0 saturated carbocycles. The highest BCUT2D eigenvalue weighted by Gasteiger charge is 2.44. The third kappa shape index (κ3) is 2.62. The van der Waals surface area contributed by atoms with Crippen LogP contribution in [0.3, 0.4) is 0 Å². The van der Waals surface area contributed by atoms with Crippen LogP contribution in [0.4, 0.5) is 4.79 Å². The van der Waals surface area contributed by atoms with E-state index < -0.39 is 18.5 Å². The molecule has 2 amide bonds. The van der Waals surface area contributed by atoms with Gasteiger partial charge in [-0.05, 0) is 13.8 Å². The number of ether oxygens (including phenoxy) is 2. The van der Waals surface area contributed by atoms with Crippen LogP contribution in [0, 0.1) is 0 Å². The lowest BCUT2D eigenvalue weighted by atomic mass is 10.5. The number of hydrogen-bond donors (Lipinski definition) is 2. The fourth-order valence-corrected chi connectivity index (χ4v) is 1.36. The Morgan fingerprint density at radius 3 is 1.75 bits per heavy atom. The maximum atomic E-state index is 11.7. The maximum absolute atomic E-state index is 11.7. The summed E-state index contributed by atoms with van der Waals surface area (Å²) in [7, 11) is 0. The fraction of sp³-hybridized carbons (Fsp3) is 0.889. The van der Waals surface area contributed by atoms with E-state index in [1.807, 2.05) is 0 Å². The average molecular weight is 234 g/mol. The van der Waals surface area contributed by atoms with E-state index in [0.29, 0.717) is 13.2 Å². The molecule has 2 atom stereocenters. The first-order chi connectivity index (χ1) is 7.63. The van der Waals surface area contributed by atoms with Crippen molar-refractivity contribution in [3.63, 3.8) is 0 Å². The van der Waals surface area contributed by atoms with Crippen molar-refractivity contribution in [3.8, 4) is 0 Å². The molecule has 1 fully saturated rings. The van der Waals surface area contributed by atoms with Crippen LogP contribution in [0.25, 0.3) is 0 Å². The summed E-state index contributed by atoms with van der Waals surface area (Å²) in [4.78, 5) is 13.8. The molecule has 16 heavy (non-hydrogen) atoms. The topological polar surface area (TPSA) is 82.5 Å². The first kappa shape index (κ1) is 13.2. The molecular weight excluding hydrogens is 216 g/mol. The molecule has 0 aromatic heterocycles. The minimum Gasteiger partial charge on any atom is -0.369 e. The van der Waals surface area contributed by atoms with Crippen molar-refractivity contribution in [1.29, 1.82) is 0 Å². The summed E-state index contributed by atoms with van der Waals surface area (Å²) in [5.74, 6) is 0. The van der Waals surface area contributed by atoms with E-state index in [4.69, 9.17) is 9.47 Å². The Bertz CT molecular complexity index is 216. The lowest BCUT2D eigenvalue weighted by molar-refractivity contribution is -0.105. The molecule has 2 N–H and O–H groups in total. The predicted molar refractivity (Wildman–Crippen MR) is 54.1 cm³/mol. The molecule has 1 rings (SSSR count). The van der Waals surface area contributed by atoms with Gasteiger partial charge in [0.05, 0.1) is 0 Å². The lowest BCUT2D eigenvalue weighted by Crippen LogP contribution is -2.38. The lowest BCUT2D eigenvalue weighted by Gasteiger charge is -2.18. The molecule has 2 unspecified atom stereocenters. The third-order valence-electron chi connectivity index (χ3n) is 2.27. The molecule has 0 spiro atoms. The summed E-state index contributed by atoms with van der Waals surface area (Å²) >= 11 is 0. The van der Waals surface area contributed by atoms with Crippen LogP contribution >= 0.6 is 0 Å². The number of rotatable bonds is 6. The van der Waals surface area contributed by atoms with Crippen molar-refractivity contribution in [1.82, 2.24) is 9.80 Å². The van der Waals surface area contributed by atoms with Gasteiger partial charge in [0, 0.05) is 13.2 Å². The summed E-state index contributed by atoms with van der Waals surface area (Å²) in [5.41, 5.74) is 0. The van der Waals surface area contributed by atoms with E-state index in [-0.39, 0.29) is 13.5 Å². The number of amides is 2. The zero-order valence-corrected chi connectivity index (χ0v) is 9.50. The standard InChI is InChI=1S/C9H18N2O5/c1-3-15-5-10-7(12)8(13)11(9(10)14)6-16-4-2/h7-8,12-13H,3-6H2,1-2H3. The van der Waals surface area contributed by atoms with Crippen LogP contribution in [0.2, 0.25) is 0 Å². The number of hydrogen-bond acceptors (Lipinski definition) is 5.